The van der Waals surface area contributed by atoms with Gasteiger partial charge in [0.05, 0.1) is 24.7 Å². The second-order valence-corrected chi connectivity index (χ2v) is 3.80. The zero-order valence-electron chi connectivity index (χ0n) is 7.46. The second-order valence-electron chi connectivity index (χ2n) is 3.80. The molecule has 0 radical (unpaired) electrons. The van der Waals surface area contributed by atoms with Crippen molar-refractivity contribution in [1.29, 1.82) is 0 Å². The summed E-state index contributed by atoms with van der Waals surface area (Å²) in [6, 6.07) is 0.351. The molecule has 0 aromatic carbocycles. The number of carboxylic acids is 1. The molecule has 0 bridgehead atoms. The zero-order chi connectivity index (χ0) is 9.19. The third kappa shape index (κ3) is 2.19. The van der Waals surface area contributed by atoms with Crippen LogP contribution in [0.1, 0.15) is 13.8 Å². The molecule has 1 heterocycles. The maximum Gasteiger partial charge on any atom is 0.310 e. The smallest absolute Gasteiger partial charge is 0.310 e. The lowest BCUT2D eigenvalue weighted by atomic mass is 9.93. The van der Waals surface area contributed by atoms with Gasteiger partial charge in [-0.05, 0) is 13.8 Å². The van der Waals surface area contributed by atoms with Gasteiger partial charge in [0.15, 0.2) is 0 Å². The first-order valence-corrected chi connectivity index (χ1v) is 4.07. The zero-order valence-corrected chi connectivity index (χ0v) is 7.46. The van der Waals surface area contributed by atoms with E-state index in [0.29, 0.717) is 25.8 Å². The van der Waals surface area contributed by atoms with Crippen molar-refractivity contribution in [3.8, 4) is 0 Å². The summed E-state index contributed by atoms with van der Waals surface area (Å²) in [6.07, 6.45) is 0. The van der Waals surface area contributed by atoms with Crippen LogP contribution in [-0.2, 0) is 9.53 Å². The number of aliphatic carboxylic acids is 1. The Morgan fingerprint density at radius 2 is 2.25 bits per heavy atom. The van der Waals surface area contributed by atoms with Crippen LogP contribution < -0.4 is 5.32 Å². The van der Waals surface area contributed by atoms with E-state index in [0.717, 1.165) is 0 Å². The van der Waals surface area contributed by atoms with Crippen LogP contribution in [-0.4, -0.2) is 36.9 Å². The Balaban J connectivity index is 2.24. The summed E-state index contributed by atoms with van der Waals surface area (Å²) in [5.41, 5.74) is -0.685. The summed E-state index contributed by atoms with van der Waals surface area (Å²) in [5.74, 6) is -0.768. The van der Waals surface area contributed by atoms with E-state index >= 15 is 0 Å². The van der Waals surface area contributed by atoms with Gasteiger partial charge in [-0.1, -0.05) is 0 Å². The Bertz CT molecular complexity index is 175. The summed E-state index contributed by atoms with van der Waals surface area (Å²) in [6.45, 7) is 5.32. The van der Waals surface area contributed by atoms with Crippen molar-refractivity contribution in [2.24, 2.45) is 5.41 Å². The molecule has 0 atom stereocenters. The number of nitrogens with one attached hydrogen (secondary N) is 1. The SMILES string of the molecule is CC(C)(CNC1COC1)C(=O)O. The number of carboxylic acid groups (broad SMARTS) is 1. The molecule has 4 nitrogen and oxygen atoms in total. The summed E-state index contributed by atoms with van der Waals surface area (Å²) < 4.78 is 4.95. The van der Waals surface area contributed by atoms with E-state index < -0.39 is 11.4 Å². The van der Waals surface area contributed by atoms with Gasteiger partial charge in [0, 0.05) is 6.54 Å². The highest BCUT2D eigenvalue weighted by Gasteiger charge is 2.29. The third-order valence-corrected chi connectivity index (χ3v) is 2.05. The number of rotatable bonds is 4. The lowest BCUT2D eigenvalue weighted by Gasteiger charge is -2.30. The minimum atomic E-state index is -0.768. The van der Waals surface area contributed by atoms with Crippen LogP contribution in [0.5, 0.6) is 0 Å². The third-order valence-electron chi connectivity index (χ3n) is 2.05. The molecule has 1 fully saturated rings. The van der Waals surface area contributed by atoms with Crippen molar-refractivity contribution in [3.05, 3.63) is 0 Å². The maximum absolute atomic E-state index is 10.7. The molecular weight excluding hydrogens is 158 g/mol. The van der Waals surface area contributed by atoms with Crippen LogP contribution in [0.25, 0.3) is 0 Å². The van der Waals surface area contributed by atoms with Gasteiger partial charge in [-0.3, -0.25) is 4.79 Å². The van der Waals surface area contributed by atoms with Gasteiger partial charge in [-0.2, -0.15) is 0 Å². The quantitative estimate of drug-likeness (QED) is 0.632. The fourth-order valence-corrected chi connectivity index (χ4v) is 0.829. The van der Waals surface area contributed by atoms with E-state index in [9.17, 15) is 4.79 Å². The van der Waals surface area contributed by atoms with E-state index in [1.54, 1.807) is 13.8 Å². The first-order chi connectivity index (χ1) is 5.52. The molecule has 70 valence electrons. The summed E-state index contributed by atoms with van der Waals surface area (Å²) in [5, 5.41) is 11.9. The average Bonchev–Trinajstić information content (AvgIpc) is 1.83. The number of carbonyl (C=O) groups is 1. The number of hydrogen-bond acceptors (Lipinski definition) is 3. The summed E-state index contributed by atoms with van der Waals surface area (Å²) in [4.78, 5) is 10.7. The van der Waals surface area contributed by atoms with Crippen molar-refractivity contribution in [1.82, 2.24) is 5.32 Å². The van der Waals surface area contributed by atoms with Gasteiger partial charge >= 0.3 is 5.97 Å². The van der Waals surface area contributed by atoms with Crippen molar-refractivity contribution >= 4 is 5.97 Å². The Kier molecular flexibility index (Phi) is 2.69. The lowest BCUT2D eigenvalue weighted by molar-refractivity contribution is -0.147. The molecule has 0 spiro atoms. The fourth-order valence-electron chi connectivity index (χ4n) is 0.829. The predicted octanol–water partition coefficient (Wildman–Crippen LogP) is 0.0856. The topological polar surface area (TPSA) is 58.6 Å². The molecule has 0 amide bonds. The van der Waals surface area contributed by atoms with Gasteiger partial charge in [0.1, 0.15) is 0 Å². The van der Waals surface area contributed by atoms with Gasteiger partial charge in [0.2, 0.25) is 0 Å². The Morgan fingerprint density at radius 1 is 1.67 bits per heavy atom. The molecule has 12 heavy (non-hydrogen) atoms. The second kappa shape index (κ2) is 3.41. The van der Waals surface area contributed by atoms with Crippen molar-refractivity contribution < 1.29 is 14.6 Å². The highest BCUT2D eigenvalue weighted by atomic mass is 16.5. The molecule has 1 saturated heterocycles. The van der Waals surface area contributed by atoms with Gasteiger partial charge < -0.3 is 15.2 Å². The highest BCUT2D eigenvalue weighted by Crippen LogP contribution is 2.14. The van der Waals surface area contributed by atoms with Crippen LogP contribution >= 0.6 is 0 Å². The van der Waals surface area contributed by atoms with Crippen LogP contribution in [0.15, 0.2) is 0 Å². The van der Waals surface area contributed by atoms with Gasteiger partial charge in [-0.15, -0.1) is 0 Å². The molecule has 0 saturated carbocycles. The fraction of sp³-hybridized carbons (Fsp3) is 0.875. The maximum atomic E-state index is 10.7. The minimum Gasteiger partial charge on any atom is -0.481 e. The van der Waals surface area contributed by atoms with Crippen LogP contribution in [0, 0.1) is 5.41 Å². The first-order valence-electron chi connectivity index (χ1n) is 4.07. The largest absolute Gasteiger partial charge is 0.481 e. The van der Waals surface area contributed by atoms with Crippen LogP contribution in [0.4, 0.5) is 0 Å². The van der Waals surface area contributed by atoms with E-state index in [4.69, 9.17) is 9.84 Å². The summed E-state index contributed by atoms with van der Waals surface area (Å²) in [7, 11) is 0. The van der Waals surface area contributed by atoms with E-state index in [1.807, 2.05) is 0 Å². The Morgan fingerprint density at radius 3 is 2.58 bits per heavy atom. The highest BCUT2D eigenvalue weighted by molar-refractivity contribution is 5.73. The molecule has 0 unspecified atom stereocenters. The standard InChI is InChI=1S/C8H15NO3/c1-8(2,7(10)11)5-9-6-3-12-4-6/h6,9H,3-5H2,1-2H3,(H,10,11). The van der Waals surface area contributed by atoms with E-state index in [-0.39, 0.29) is 0 Å². The number of ether oxygens (including phenoxy) is 1. The molecule has 1 aliphatic rings. The van der Waals surface area contributed by atoms with Crippen molar-refractivity contribution in [2.45, 2.75) is 19.9 Å². The normalized spacial score (nSPS) is 18.8. The predicted molar refractivity (Wildman–Crippen MR) is 44.0 cm³/mol. The first kappa shape index (κ1) is 9.48. The molecular formula is C8H15NO3. The molecule has 4 heteroatoms. The Hall–Kier alpha value is -0.610. The van der Waals surface area contributed by atoms with Crippen LogP contribution in [0.2, 0.25) is 0 Å². The van der Waals surface area contributed by atoms with Crippen molar-refractivity contribution in [3.63, 3.8) is 0 Å². The number of hydrogen-bond donors (Lipinski definition) is 2. The molecule has 1 aliphatic heterocycles. The van der Waals surface area contributed by atoms with Crippen LogP contribution in [0.3, 0.4) is 0 Å². The molecule has 1 rings (SSSR count). The van der Waals surface area contributed by atoms with E-state index in [1.165, 1.54) is 0 Å². The van der Waals surface area contributed by atoms with Gasteiger partial charge in [-0.25, -0.2) is 0 Å². The summed E-state index contributed by atoms with van der Waals surface area (Å²) >= 11 is 0. The average molecular weight is 173 g/mol. The Labute approximate surface area is 71.9 Å². The van der Waals surface area contributed by atoms with Gasteiger partial charge in [0.25, 0.3) is 0 Å². The van der Waals surface area contributed by atoms with Crippen molar-refractivity contribution in [2.75, 3.05) is 19.8 Å². The van der Waals surface area contributed by atoms with E-state index in [2.05, 4.69) is 5.32 Å². The molecule has 2 N–H and O–H groups in total. The monoisotopic (exact) mass is 173 g/mol. The molecule has 0 aromatic rings. The molecule has 0 aliphatic carbocycles. The lowest BCUT2D eigenvalue weighted by Crippen LogP contribution is -2.50. The molecule has 0 aromatic heterocycles. The minimum absolute atomic E-state index is 0.351.